The largest absolute Gasteiger partial charge is 0.260 e. The van der Waals surface area contributed by atoms with Crippen LogP contribution in [-0.4, -0.2) is 66.1 Å². The number of rotatable bonds is 7. The molecule has 5 nitrogen and oxygen atoms in total. The molecule has 0 spiro atoms. The zero-order chi connectivity index (χ0) is 24.8. The number of hydrogen-bond donors (Lipinski definition) is 0. The maximum atomic E-state index is 10.7. The Hall–Kier alpha value is 0.400. The van der Waals surface area contributed by atoms with Crippen molar-refractivity contribution in [2.24, 2.45) is 0 Å². The Labute approximate surface area is 190 Å². The Morgan fingerprint density at radius 2 is 0.897 bits per heavy atom. The van der Waals surface area contributed by atoms with Crippen LogP contribution in [0.4, 0.5) is 0 Å². The number of sulfone groups is 1. The van der Waals surface area contributed by atoms with Crippen LogP contribution in [0.5, 0.6) is 0 Å². The summed E-state index contributed by atoms with van der Waals surface area (Å²) < 4.78 is 52.6. The van der Waals surface area contributed by atoms with Crippen LogP contribution in [0.1, 0.15) is 83.1 Å². The lowest BCUT2D eigenvalue weighted by atomic mass is 10.6. The topological polar surface area (TPSA) is 85.3 Å². The molecular weight excluding hydrogens is 448 g/mol. The van der Waals surface area contributed by atoms with Gasteiger partial charge in [0.1, 0.15) is 0 Å². The van der Waals surface area contributed by atoms with Crippen LogP contribution < -0.4 is 0 Å². The van der Waals surface area contributed by atoms with Gasteiger partial charge in [0.15, 0.2) is 9.84 Å². The molecule has 0 radical (unpaired) electrons. The van der Waals surface area contributed by atoms with Gasteiger partial charge in [-0.15, -0.1) is 0 Å². The first-order chi connectivity index (χ1) is 13.1. The molecule has 9 heteroatoms. The lowest BCUT2D eigenvalue weighted by molar-refractivity contribution is 0.588. The molecule has 0 aromatic heterocycles. The van der Waals surface area contributed by atoms with E-state index in [0.717, 1.165) is 17.3 Å². The van der Waals surface area contributed by atoms with Crippen LogP contribution >= 0.6 is 0 Å². The van der Waals surface area contributed by atoms with Gasteiger partial charge in [-0.3, -0.25) is 12.6 Å². The standard InChI is InChI=1S/C5H12O2S.2C5H12OS.C3H8OS.C2H6/c1-4-8(6,7)5(2)3;2*1-4-7(6)5(2)3;1-3-5(2)4;1-2/h5H,4H2,1-3H3;2*5H,4H2,1-3H3;3H2,1-2H3;1-2H3/t;7-;;5-;/m.1.1./s1. The van der Waals surface area contributed by atoms with Crippen molar-refractivity contribution < 1.29 is 21.0 Å². The van der Waals surface area contributed by atoms with E-state index < -0.39 is 42.2 Å². The highest BCUT2D eigenvalue weighted by molar-refractivity contribution is 7.91. The summed E-state index contributed by atoms with van der Waals surface area (Å²) in [4.78, 5) is 0. The van der Waals surface area contributed by atoms with E-state index in [1.54, 1.807) is 27.0 Å². The second-order valence-corrected chi connectivity index (χ2v) is 15.4. The molecule has 0 heterocycles. The summed E-state index contributed by atoms with van der Waals surface area (Å²) >= 11 is 0. The molecule has 0 aromatic rings. The molecule has 0 fully saturated rings. The lowest BCUT2D eigenvalue weighted by Crippen LogP contribution is -2.15. The van der Waals surface area contributed by atoms with Gasteiger partial charge >= 0.3 is 0 Å². The Morgan fingerprint density at radius 3 is 0.897 bits per heavy atom. The fraction of sp³-hybridized carbons (Fsp3) is 1.00. The van der Waals surface area contributed by atoms with Gasteiger partial charge in [0.05, 0.1) is 5.25 Å². The maximum Gasteiger partial charge on any atom is 0.152 e. The van der Waals surface area contributed by atoms with Gasteiger partial charge in [0.2, 0.25) is 0 Å². The molecule has 3 atom stereocenters. The molecule has 0 aromatic carbocycles. The van der Waals surface area contributed by atoms with Crippen molar-refractivity contribution in [1.82, 2.24) is 0 Å². The monoisotopic (exact) mass is 498 g/mol. The summed E-state index contributed by atoms with van der Waals surface area (Å²) in [6, 6.07) is 0. The molecular formula is C20H50O5S4. The van der Waals surface area contributed by atoms with Crippen molar-refractivity contribution in [3.8, 4) is 0 Å². The molecule has 0 N–H and O–H groups in total. The molecule has 0 rings (SSSR count). The van der Waals surface area contributed by atoms with Crippen molar-refractivity contribution in [2.75, 3.05) is 29.3 Å². The third-order valence-electron chi connectivity index (χ3n) is 3.15. The van der Waals surface area contributed by atoms with Crippen LogP contribution in [0.2, 0.25) is 0 Å². The van der Waals surface area contributed by atoms with Gasteiger partial charge in [-0.05, 0) is 13.8 Å². The molecule has 184 valence electrons. The van der Waals surface area contributed by atoms with Crippen molar-refractivity contribution in [3.05, 3.63) is 0 Å². The quantitative estimate of drug-likeness (QED) is 0.513. The second kappa shape index (κ2) is 26.4. The fourth-order valence-electron chi connectivity index (χ4n) is 1.00. The first kappa shape index (κ1) is 39.8. The molecule has 0 aliphatic heterocycles. The van der Waals surface area contributed by atoms with Crippen LogP contribution in [0.15, 0.2) is 0 Å². The Kier molecular flexibility index (Phi) is 36.3. The lowest BCUT2D eigenvalue weighted by Gasteiger charge is -2.01. The normalized spacial score (nSPS) is 13.4. The minimum absolute atomic E-state index is 0.215. The predicted octanol–water partition coefficient (Wildman–Crippen LogP) is 4.57. The van der Waals surface area contributed by atoms with E-state index in [4.69, 9.17) is 0 Å². The Bertz CT molecular complexity index is 479. The molecule has 0 aliphatic rings. The highest BCUT2D eigenvalue weighted by atomic mass is 32.2. The van der Waals surface area contributed by atoms with Crippen molar-refractivity contribution >= 4 is 42.2 Å². The van der Waals surface area contributed by atoms with Crippen molar-refractivity contribution in [3.63, 3.8) is 0 Å². The molecule has 0 bridgehead atoms. The van der Waals surface area contributed by atoms with E-state index in [0.29, 0.717) is 10.5 Å². The molecule has 1 unspecified atom stereocenters. The zero-order valence-corrected chi connectivity index (χ0v) is 24.5. The first-order valence-electron chi connectivity index (χ1n) is 10.4. The van der Waals surface area contributed by atoms with Crippen LogP contribution in [0.25, 0.3) is 0 Å². The molecule has 0 saturated heterocycles. The molecule has 0 amide bonds. The van der Waals surface area contributed by atoms with E-state index in [9.17, 15) is 21.0 Å². The summed E-state index contributed by atoms with van der Waals surface area (Å²) in [6.45, 7) is 22.7. The average molecular weight is 499 g/mol. The van der Waals surface area contributed by atoms with E-state index in [2.05, 4.69) is 0 Å². The smallest absolute Gasteiger partial charge is 0.152 e. The maximum absolute atomic E-state index is 10.7. The Balaban J connectivity index is -0.0000000866. The van der Waals surface area contributed by atoms with Crippen LogP contribution in [0.3, 0.4) is 0 Å². The van der Waals surface area contributed by atoms with E-state index >= 15 is 0 Å². The van der Waals surface area contributed by atoms with E-state index in [1.807, 2.05) is 62.3 Å². The van der Waals surface area contributed by atoms with E-state index in [-0.39, 0.29) is 11.0 Å². The minimum Gasteiger partial charge on any atom is -0.260 e. The van der Waals surface area contributed by atoms with E-state index in [1.165, 1.54) is 0 Å². The van der Waals surface area contributed by atoms with Crippen molar-refractivity contribution in [2.45, 2.75) is 98.8 Å². The van der Waals surface area contributed by atoms with Crippen LogP contribution in [-0.2, 0) is 42.2 Å². The summed E-state index contributed by atoms with van der Waals surface area (Å²) in [7, 11) is -4.47. The third-order valence-corrected chi connectivity index (χ3v) is 9.44. The number of hydrogen-bond acceptors (Lipinski definition) is 5. The summed E-state index contributed by atoms with van der Waals surface area (Å²) in [5.74, 6) is 2.61. The molecule has 29 heavy (non-hydrogen) atoms. The minimum atomic E-state index is -2.74. The van der Waals surface area contributed by atoms with Gasteiger partial charge in [0.25, 0.3) is 0 Å². The second-order valence-electron chi connectivity index (χ2n) is 6.30. The van der Waals surface area contributed by atoms with Gasteiger partial charge in [-0.25, -0.2) is 8.42 Å². The first-order valence-corrected chi connectivity index (χ1v) is 16.6. The average Bonchev–Trinajstić information content (AvgIpc) is 2.69. The van der Waals surface area contributed by atoms with Crippen LogP contribution in [0, 0.1) is 0 Å². The third kappa shape index (κ3) is 36.1. The van der Waals surface area contributed by atoms with Gasteiger partial charge in [0, 0.05) is 72.2 Å². The Morgan fingerprint density at radius 1 is 0.655 bits per heavy atom. The fourth-order valence-corrected chi connectivity index (χ4v) is 3.00. The summed E-state index contributed by atoms with van der Waals surface area (Å²) in [5.41, 5.74) is 0. The van der Waals surface area contributed by atoms with Gasteiger partial charge in [-0.1, -0.05) is 69.2 Å². The van der Waals surface area contributed by atoms with Gasteiger partial charge < -0.3 is 0 Å². The van der Waals surface area contributed by atoms with Crippen molar-refractivity contribution in [1.29, 1.82) is 0 Å². The predicted molar refractivity (Wildman–Crippen MR) is 138 cm³/mol. The SMILES string of the molecule is CC.CCS(=O)(=O)C(C)C.CCS(=O)C(C)C.CC[S@@](=O)C(C)C.CC[S@@](C)=O. The summed E-state index contributed by atoms with van der Waals surface area (Å²) in [6.07, 6.45) is 1.69. The van der Waals surface area contributed by atoms with Gasteiger partial charge in [-0.2, -0.15) is 0 Å². The molecule has 0 aliphatic carbocycles. The summed E-state index contributed by atoms with van der Waals surface area (Å²) in [5, 5.41) is 0.461. The highest BCUT2D eigenvalue weighted by Crippen LogP contribution is 1.98. The molecule has 0 saturated carbocycles. The highest BCUT2D eigenvalue weighted by Gasteiger charge is 2.11. The zero-order valence-electron chi connectivity index (χ0n) is 21.2.